The van der Waals surface area contributed by atoms with Gasteiger partial charge in [0.05, 0.1) is 30.2 Å². The highest BCUT2D eigenvalue weighted by Gasteiger charge is 2.40. The van der Waals surface area contributed by atoms with Gasteiger partial charge in [-0.15, -0.1) is 11.3 Å². The van der Waals surface area contributed by atoms with E-state index in [4.69, 9.17) is 5.73 Å². The SMILES string of the molecule is Cc1cccc(CC(=O)[C@@H]2C[C@@H](F)CN2C(=O)Cn2nc(C(N)=O)c3sc(-c4ccc5cc(C)nn5c4)nc32)n1. The van der Waals surface area contributed by atoms with Crippen molar-refractivity contribution in [3.63, 3.8) is 0 Å². The van der Waals surface area contributed by atoms with Crippen molar-refractivity contribution in [2.24, 2.45) is 5.73 Å². The van der Waals surface area contributed by atoms with E-state index in [1.165, 1.54) is 20.9 Å². The number of fused-ring (bicyclic) bond motifs is 2. The lowest BCUT2D eigenvalue weighted by Crippen LogP contribution is -2.43. The molecule has 1 saturated heterocycles. The van der Waals surface area contributed by atoms with Crippen LogP contribution in [0.3, 0.4) is 0 Å². The Labute approximate surface area is 231 Å². The van der Waals surface area contributed by atoms with E-state index in [0.717, 1.165) is 22.5 Å². The van der Waals surface area contributed by atoms with E-state index >= 15 is 0 Å². The van der Waals surface area contributed by atoms with Gasteiger partial charge in [-0.1, -0.05) is 6.07 Å². The van der Waals surface area contributed by atoms with Crippen molar-refractivity contribution in [2.45, 2.75) is 45.4 Å². The van der Waals surface area contributed by atoms with E-state index in [1.54, 1.807) is 16.6 Å². The van der Waals surface area contributed by atoms with Crippen LogP contribution in [-0.4, -0.2) is 70.6 Å². The van der Waals surface area contributed by atoms with Crippen LogP contribution in [0.15, 0.2) is 42.6 Å². The third-order valence-electron chi connectivity index (χ3n) is 6.88. The standard InChI is InChI=1S/C27H25FN8O3S/c1-14-4-3-5-18(30-14)10-21(37)20-9-17(28)12-34(20)22(38)13-36-26-24(23(33-36)25(29)39)40-27(31-26)16-6-7-19-8-15(2)32-35(19)11-16/h3-8,11,17,20H,9-10,12-13H2,1-2H3,(H2,29,39)/t17-,20+/m1/s1. The predicted molar refractivity (Wildman–Crippen MR) is 146 cm³/mol. The van der Waals surface area contributed by atoms with Crippen LogP contribution < -0.4 is 5.73 Å². The zero-order valence-electron chi connectivity index (χ0n) is 21.7. The minimum absolute atomic E-state index is 0.00372. The van der Waals surface area contributed by atoms with Crippen LogP contribution >= 0.6 is 11.3 Å². The Balaban J connectivity index is 1.28. The number of rotatable bonds is 7. The molecule has 2 N–H and O–H groups in total. The van der Waals surface area contributed by atoms with Crippen molar-refractivity contribution in [2.75, 3.05) is 6.54 Å². The topological polar surface area (TPSA) is 141 Å². The average Bonchev–Trinajstić information content (AvgIpc) is 3.66. The lowest BCUT2D eigenvalue weighted by Gasteiger charge is -2.23. The Morgan fingerprint density at radius 3 is 2.70 bits per heavy atom. The molecule has 5 aromatic heterocycles. The molecule has 0 radical (unpaired) electrons. The summed E-state index contributed by atoms with van der Waals surface area (Å²) >= 11 is 1.23. The van der Waals surface area contributed by atoms with E-state index in [9.17, 15) is 18.8 Å². The number of nitrogens with two attached hydrogens (primary N) is 1. The van der Waals surface area contributed by atoms with Gasteiger partial charge in [0.15, 0.2) is 17.1 Å². The minimum Gasteiger partial charge on any atom is -0.364 e. The summed E-state index contributed by atoms with van der Waals surface area (Å²) in [5.74, 6) is -1.54. The smallest absolute Gasteiger partial charge is 0.270 e. The summed E-state index contributed by atoms with van der Waals surface area (Å²) in [5.41, 5.74) is 9.78. The number of ketones is 1. The van der Waals surface area contributed by atoms with Crippen molar-refractivity contribution in [3.05, 3.63) is 65.4 Å². The van der Waals surface area contributed by atoms with E-state index < -0.39 is 24.0 Å². The molecule has 204 valence electrons. The molecule has 40 heavy (non-hydrogen) atoms. The average molecular weight is 561 g/mol. The first kappa shape index (κ1) is 25.7. The Morgan fingerprint density at radius 2 is 1.93 bits per heavy atom. The fourth-order valence-corrected chi connectivity index (χ4v) is 6.11. The van der Waals surface area contributed by atoms with Crippen LogP contribution in [0.2, 0.25) is 0 Å². The quantitative estimate of drug-likeness (QED) is 0.323. The number of hydrogen-bond donors (Lipinski definition) is 1. The molecule has 1 aliphatic rings. The third kappa shape index (κ3) is 4.72. The maximum Gasteiger partial charge on any atom is 0.270 e. The number of amides is 2. The number of aromatic nitrogens is 6. The van der Waals surface area contributed by atoms with Gasteiger partial charge in [0.2, 0.25) is 5.91 Å². The van der Waals surface area contributed by atoms with Crippen molar-refractivity contribution in [3.8, 4) is 10.6 Å². The zero-order valence-corrected chi connectivity index (χ0v) is 22.6. The first-order valence-electron chi connectivity index (χ1n) is 12.7. The van der Waals surface area contributed by atoms with Crippen LogP contribution in [-0.2, 0) is 22.6 Å². The number of hydrogen-bond acceptors (Lipinski definition) is 8. The molecule has 5 aromatic rings. The highest BCUT2D eigenvalue weighted by atomic mass is 32.1. The number of carbonyl (C=O) groups is 3. The normalized spacial score (nSPS) is 17.2. The Morgan fingerprint density at radius 1 is 1.10 bits per heavy atom. The summed E-state index contributed by atoms with van der Waals surface area (Å²) in [6, 6.07) is 10.2. The number of aryl methyl sites for hydroxylation is 2. The Hall–Kier alpha value is -4.52. The van der Waals surface area contributed by atoms with Crippen molar-refractivity contribution < 1.29 is 18.8 Å². The molecule has 0 aliphatic carbocycles. The highest BCUT2D eigenvalue weighted by molar-refractivity contribution is 7.22. The van der Waals surface area contributed by atoms with Gasteiger partial charge in [-0.3, -0.25) is 19.4 Å². The van der Waals surface area contributed by atoms with E-state index in [2.05, 4.69) is 20.2 Å². The van der Waals surface area contributed by atoms with Crippen molar-refractivity contribution >= 4 is 44.8 Å². The van der Waals surface area contributed by atoms with Gasteiger partial charge >= 0.3 is 0 Å². The van der Waals surface area contributed by atoms with Crippen LogP contribution in [0.5, 0.6) is 0 Å². The molecule has 0 unspecified atom stereocenters. The van der Waals surface area contributed by atoms with Gasteiger partial charge in [0.25, 0.3) is 5.91 Å². The highest BCUT2D eigenvalue weighted by Crippen LogP contribution is 2.33. The predicted octanol–water partition coefficient (Wildman–Crippen LogP) is 2.67. The molecule has 6 rings (SSSR count). The van der Waals surface area contributed by atoms with Gasteiger partial charge in [-0.05, 0) is 44.2 Å². The Kier molecular flexibility index (Phi) is 6.37. The van der Waals surface area contributed by atoms with Gasteiger partial charge in [0, 0.05) is 29.6 Å². The lowest BCUT2D eigenvalue weighted by molar-refractivity contribution is -0.138. The van der Waals surface area contributed by atoms with E-state index in [1.807, 2.05) is 44.3 Å². The van der Waals surface area contributed by atoms with Crippen molar-refractivity contribution in [1.82, 2.24) is 34.3 Å². The summed E-state index contributed by atoms with van der Waals surface area (Å²) in [6.45, 7) is 3.19. The fourth-order valence-electron chi connectivity index (χ4n) is 5.07. The number of halogens is 1. The molecule has 6 heterocycles. The van der Waals surface area contributed by atoms with E-state index in [-0.39, 0.29) is 37.4 Å². The molecule has 0 saturated carbocycles. The van der Waals surface area contributed by atoms with Crippen LogP contribution in [0, 0.1) is 13.8 Å². The zero-order chi connectivity index (χ0) is 28.1. The molecular weight excluding hydrogens is 535 g/mol. The number of pyridine rings is 2. The largest absolute Gasteiger partial charge is 0.364 e. The number of primary amides is 1. The molecule has 11 nitrogen and oxygen atoms in total. The molecule has 2 atom stereocenters. The fraction of sp³-hybridized carbons (Fsp3) is 0.296. The number of nitrogens with zero attached hydrogens (tertiary/aromatic N) is 7. The van der Waals surface area contributed by atoms with Gasteiger partial charge in [-0.2, -0.15) is 10.2 Å². The molecule has 1 fully saturated rings. The van der Waals surface area contributed by atoms with Gasteiger partial charge < -0.3 is 10.6 Å². The summed E-state index contributed by atoms with van der Waals surface area (Å²) in [6.07, 6.45) is 0.427. The maximum absolute atomic E-state index is 14.5. The number of thiazole rings is 1. The van der Waals surface area contributed by atoms with Crippen LogP contribution in [0.4, 0.5) is 4.39 Å². The molecule has 1 aliphatic heterocycles. The second-order valence-corrected chi connectivity index (χ2v) is 10.9. The summed E-state index contributed by atoms with van der Waals surface area (Å²) in [7, 11) is 0. The molecule has 0 bridgehead atoms. The Bertz CT molecular complexity index is 1810. The molecular formula is C27H25FN8O3S. The van der Waals surface area contributed by atoms with Crippen LogP contribution in [0.1, 0.15) is 34.0 Å². The van der Waals surface area contributed by atoms with E-state index in [0.29, 0.717) is 21.0 Å². The second-order valence-electron chi connectivity index (χ2n) is 9.92. The minimum atomic E-state index is -1.33. The first-order chi connectivity index (χ1) is 19.2. The molecule has 0 aromatic carbocycles. The molecule has 0 spiro atoms. The molecule has 2 amide bonds. The summed E-state index contributed by atoms with van der Waals surface area (Å²) in [4.78, 5) is 49.0. The number of likely N-dealkylation sites (tertiary alicyclic amines) is 1. The van der Waals surface area contributed by atoms with Crippen molar-refractivity contribution in [1.29, 1.82) is 0 Å². The second kappa shape index (κ2) is 9.90. The number of alkyl halides is 1. The summed E-state index contributed by atoms with van der Waals surface area (Å²) < 4.78 is 18.0. The number of carbonyl (C=O) groups excluding carboxylic acids is 3. The maximum atomic E-state index is 14.5. The van der Waals surface area contributed by atoms with Gasteiger partial charge in [-0.25, -0.2) is 18.6 Å². The first-order valence-corrected chi connectivity index (χ1v) is 13.5. The lowest BCUT2D eigenvalue weighted by atomic mass is 10.0. The molecule has 13 heteroatoms. The summed E-state index contributed by atoms with van der Waals surface area (Å²) in [5, 5.41) is 9.28. The third-order valence-corrected chi connectivity index (χ3v) is 7.98. The van der Waals surface area contributed by atoms with Crippen LogP contribution in [0.25, 0.3) is 26.4 Å². The number of Topliss-reactive ketones (excluding diaryl/α,β-unsaturated/α-hetero) is 1. The monoisotopic (exact) mass is 560 g/mol. The van der Waals surface area contributed by atoms with Gasteiger partial charge in [0.1, 0.15) is 22.4 Å².